The quantitative estimate of drug-likeness (QED) is 0.503. The van der Waals surface area contributed by atoms with E-state index >= 15 is 0 Å². The molecule has 1 atom stereocenters. The van der Waals surface area contributed by atoms with Crippen molar-refractivity contribution >= 4 is 51.2 Å². The van der Waals surface area contributed by atoms with Gasteiger partial charge in [0.25, 0.3) is 15.7 Å². The summed E-state index contributed by atoms with van der Waals surface area (Å²) in [6, 6.07) is 4.09. The fourth-order valence-electron chi connectivity index (χ4n) is 1.99. The van der Waals surface area contributed by atoms with Crippen LogP contribution in [0.4, 0.5) is 5.69 Å². The Morgan fingerprint density at radius 2 is 2.12 bits per heavy atom. The van der Waals surface area contributed by atoms with Gasteiger partial charge in [-0.15, -0.1) is 6.58 Å². The molecule has 0 amide bonds. The van der Waals surface area contributed by atoms with Crippen LogP contribution in [-0.2, 0) is 18.7 Å². The second-order valence-electron chi connectivity index (χ2n) is 4.76. The summed E-state index contributed by atoms with van der Waals surface area (Å²) < 4.78 is 39.7. The molecule has 1 aromatic heterocycles. The lowest BCUT2D eigenvalue weighted by Crippen LogP contribution is -2.29. The van der Waals surface area contributed by atoms with Crippen molar-refractivity contribution in [2.75, 3.05) is 18.1 Å². The largest absolute Gasteiger partial charge is 0.387 e. The van der Waals surface area contributed by atoms with Crippen LogP contribution in [0.5, 0.6) is 0 Å². The molecule has 0 radical (unpaired) electrons. The minimum absolute atomic E-state index is 0.321. The normalized spacial score (nSPS) is 14.3. The molecule has 11 heteroatoms. The van der Waals surface area contributed by atoms with Crippen LogP contribution in [0.3, 0.4) is 0 Å². The van der Waals surface area contributed by atoms with Gasteiger partial charge in [0.05, 0.1) is 16.5 Å². The molecule has 2 rings (SSSR count). The molecule has 0 fully saturated rings. The molecule has 1 heterocycles. The van der Waals surface area contributed by atoms with Gasteiger partial charge in [-0.05, 0) is 18.2 Å². The van der Waals surface area contributed by atoms with E-state index in [2.05, 4.69) is 20.8 Å². The molecule has 0 bridgehead atoms. The number of aromatic nitrogens is 1. The average molecular weight is 393 g/mol. The zero-order valence-electron chi connectivity index (χ0n) is 12.4. The first-order valence-corrected chi connectivity index (χ1v) is 10.1. The van der Waals surface area contributed by atoms with Crippen molar-refractivity contribution in [2.45, 2.75) is 0 Å². The van der Waals surface area contributed by atoms with Crippen molar-refractivity contribution in [3.8, 4) is 0 Å². The maximum absolute atomic E-state index is 12.3. The van der Waals surface area contributed by atoms with Gasteiger partial charge in [-0.3, -0.25) is 9.36 Å². The van der Waals surface area contributed by atoms with Crippen molar-refractivity contribution in [1.82, 2.24) is 4.98 Å². The third kappa shape index (κ3) is 3.88. The predicted octanol–water partition coefficient (Wildman–Crippen LogP) is 1.57. The maximum Gasteiger partial charge on any atom is 0.378 e. The first-order chi connectivity index (χ1) is 11.1. The van der Waals surface area contributed by atoms with Gasteiger partial charge in [-0.1, -0.05) is 17.7 Å². The van der Waals surface area contributed by atoms with Crippen molar-refractivity contribution in [2.24, 2.45) is 0 Å². The molecule has 3 N–H and O–H groups in total. The topological polar surface area (TPSA) is 126 Å². The Hall–Kier alpha value is -1.64. The van der Waals surface area contributed by atoms with Crippen LogP contribution in [-0.4, -0.2) is 31.1 Å². The van der Waals surface area contributed by atoms with Crippen LogP contribution in [0.15, 0.2) is 35.6 Å². The standard InChI is InChI=1S/C13H14ClN2O6PS/c1-3-4-24(20,21)22-23(18,19)12-6-8-5-11(15-2)9(14)7-10(8)16-13(12)17/h3,5-7,15H,1,4H2,2H3,(H,16,17)(H,18,19). The smallest absolute Gasteiger partial charge is 0.378 e. The molecule has 0 spiro atoms. The van der Waals surface area contributed by atoms with Crippen molar-refractivity contribution in [3.63, 3.8) is 0 Å². The third-order valence-electron chi connectivity index (χ3n) is 3.02. The van der Waals surface area contributed by atoms with Crippen LogP contribution >= 0.6 is 19.2 Å². The van der Waals surface area contributed by atoms with E-state index in [0.717, 1.165) is 12.1 Å². The molecule has 24 heavy (non-hydrogen) atoms. The number of hydrogen-bond donors (Lipinski definition) is 3. The molecule has 0 saturated carbocycles. The maximum atomic E-state index is 12.3. The summed E-state index contributed by atoms with van der Waals surface area (Å²) in [5.41, 5.74) is -0.104. The second kappa shape index (κ2) is 6.70. The van der Waals surface area contributed by atoms with E-state index < -0.39 is 34.3 Å². The van der Waals surface area contributed by atoms with E-state index in [4.69, 9.17) is 11.6 Å². The first-order valence-electron chi connectivity index (χ1n) is 6.52. The molecule has 8 nitrogen and oxygen atoms in total. The molecule has 0 saturated heterocycles. The Labute approximate surface area is 142 Å². The minimum atomic E-state index is -4.91. The molecule has 130 valence electrons. The number of H-pyrrole nitrogens is 1. The van der Waals surface area contributed by atoms with Gasteiger partial charge in [-0.2, -0.15) is 12.4 Å². The summed E-state index contributed by atoms with van der Waals surface area (Å²) in [7, 11) is -7.62. The van der Waals surface area contributed by atoms with Gasteiger partial charge in [0.2, 0.25) is 0 Å². The summed E-state index contributed by atoms with van der Waals surface area (Å²) in [6.45, 7) is 3.22. The highest BCUT2D eigenvalue weighted by Crippen LogP contribution is 2.42. The van der Waals surface area contributed by atoms with Gasteiger partial charge in [0, 0.05) is 18.0 Å². The second-order valence-corrected chi connectivity index (χ2v) is 8.74. The highest BCUT2D eigenvalue weighted by Gasteiger charge is 2.33. The molecule has 0 aliphatic heterocycles. The zero-order chi connectivity index (χ0) is 18.1. The van der Waals surface area contributed by atoms with Crippen LogP contribution in [0.25, 0.3) is 10.9 Å². The van der Waals surface area contributed by atoms with Crippen LogP contribution in [0.2, 0.25) is 5.02 Å². The van der Waals surface area contributed by atoms with E-state index in [1.54, 1.807) is 7.05 Å². The van der Waals surface area contributed by atoms with Gasteiger partial charge in [0.1, 0.15) is 5.30 Å². The van der Waals surface area contributed by atoms with Gasteiger partial charge < -0.3 is 15.2 Å². The van der Waals surface area contributed by atoms with E-state index in [1.807, 2.05) is 0 Å². The SMILES string of the molecule is C=CCS(=O)(=O)OP(=O)(O)c1cc2cc(NC)c(Cl)cc2[nH]c1=O. The molecule has 1 aromatic carbocycles. The fourth-order valence-corrected chi connectivity index (χ4v) is 4.94. The lowest BCUT2D eigenvalue weighted by atomic mass is 10.2. The monoisotopic (exact) mass is 392 g/mol. The highest BCUT2D eigenvalue weighted by atomic mass is 35.5. The van der Waals surface area contributed by atoms with Gasteiger partial charge in [-0.25, -0.2) is 0 Å². The van der Waals surface area contributed by atoms with Crippen molar-refractivity contribution in [3.05, 3.63) is 46.2 Å². The van der Waals surface area contributed by atoms with Crippen LogP contribution in [0, 0.1) is 0 Å². The van der Waals surface area contributed by atoms with Crippen LogP contribution in [0.1, 0.15) is 0 Å². The number of nitrogens with one attached hydrogen (secondary N) is 2. The lowest BCUT2D eigenvalue weighted by Gasteiger charge is -2.12. The third-order valence-corrected chi connectivity index (χ3v) is 6.64. The summed E-state index contributed by atoms with van der Waals surface area (Å²) in [4.78, 5) is 24.4. The number of benzene rings is 1. The molecule has 0 aliphatic carbocycles. The molecule has 1 unspecified atom stereocenters. The van der Waals surface area contributed by atoms with Crippen molar-refractivity contribution in [1.29, 1.82) is 0 Å². The Bertz CT molecular complexity index is 1020. The fraction of sp³-hybridized carbons (Fsp3) is 0.154. The molecular weight excluding hydrogens is 379 g/mol. The average Bonchev–Trinajstić information content (AvgIpc) is 2.44. The Kier molecular flexibility index (Phi) is 5.22. The highest BCUT2D eigenvalue weighted by molar-refractivity contribution is 7.92. The van der Waals surface area contributed by atoms with Crippen LogP contribution < -0.4 is 16.2 Å². The number of aromatic amines is 1. The predicted molar refractivity (Wildman–Crippen MR) is 93.7 cm³/mol. The number of hydrogen-bond acceptors (Lipinski definition) is 6. The summed E-state index contributed by atoms with van der Waals surface area (Å²) in [5, 5.41) is 2.84. The number of anilines is 1. The van der Waals surface area contributed by atoms with E-state index in [-0.39, 0.29) is 0 Å². The zero-order valence-corrected chi connectivity index (χ0v) is 14.9. The van der Waals surface area contributed by atoms with E-state index in [9.17, 15) is 22.7 Å². The Balaban J connectivity index is 2.61. The number of halogens is 1. The summed E-state index contributed by atoms with van der Waals surface area (Å²) in [5.74, 6) is -0.664. The Morgan fingerprint density at radius 1 is 1.46 bits per heavy atom. The molecule has 0 aliphatic rings. The lowest BCUT2D eigenvalue weighted by molar-refractivity contribution is 0.390. The molecular formula is C13H14ClN2O6PS. The van der Waals surface area contributed by atoms with E-state index in [1.165, 1.54) is 12.1 Å². The number of pyridine rings is 1. The van der Waals surface area contributed by atoms with Gasteiger partial charge >= 0.3 is 7.60 Å². The Morgan fingerprint density at radius 3 is 2.71 bits per heavy atom. The number of fused-ring (bicyclic) bond motifs is 1. The minimum Gasteiger partial charge on any atom is -0.387 e. The molecule has 2 aromatic rings. The number of rotatable bonds is 6. The van der Waals surface area contributed by atoms with E-state index in [0.29, 0.717) is 21.6 Å². The van der Waals surface area contributed by atoms with Crippen molar-refractivity contribution < 1.29 is 21.8 Å². The van der Waals surface area contributed by atoms with Gasteiger partial charge in [0.15, 0.2) is 0 Å². The summed E-state index contributed by atoms with van der Waals surface area (Å²) in [6.07, 6.45) is 1.00. The first kappa shape index (κ1) is 18.7. The summed E-state index contributed by atoms with van der Waals surface area (Å²) >= 11 is 6.01.